The van der Waals surface area contributed by atoms with Crippen LogP contribution in [0.1, 0.15) is 25.3 Å². The molecule has 1 aliphatic heterocycles. The number of benzene rings is 1. The summed E-state index contributed by atoms with van der Waals surface area (Å²) in [4.78, 5) is 4.60. The molecule has 0 unspecified atom stereocenters. The topological polar surface area (TPSA) is 64.1 Å². The molecule has 0 amide bonds. The molecule has 23 heavy (non-hydrogen) atoms. The summed E-state index contributed by atoms with van der Waals surface area (Å²) in [7, 11) is 0. The van der Waals surface area contributed by atoms with E-state index in [-0.39, 0.29) is 0 Å². The predicted molar refractivity (Wildman–Crippen MR) is 88.9 cm³/mol. The maximum absolute atomic E-state index is 5.62. The number of ether oxygens (including phenoxy) is 3. The molecular formula is C17H25N3O3. The van der Waals surface area contributed by atoms with E-state index in [4.69, 9.17) is 14.2 Å². The van der Waals surface area contributed by atoms with Crippen molar-refractivity contribution in [3.8, 4) is 11.5 Å². The molecule has 6 nitrogen and oxygen atoms in total. The van der Waals surface area contributed by atoms with Crippen LogP contribution in [0.2, 0.25) is 0 Å². The van der Waals surface area contributed by atoms with Gasteiger partial charge in [-0.3, -0.25) is 0 Å². The van der Waals surface area contributed by atoms with E-state index in [1.807, 2.05) is 18.2 Å². The standard InChI is InChI=1S/C17H25N3O3/c1-2-18-17(19-7-8-21-11-13-3-4-13)20-10-14-5-6-15-16(9-14)23-12-22-15/h5-6,9,13H,2-4,7-8,10-12H2,1H3,(H2,18,19,20). The minimum Gasteiger partial charge on any atom is -0.454 e. The van der Waals surface area contributed by atoms with Gasteiger partial charge in [0.1, 0.15) is 0 Å². The highest BCUT2D eigenvalue weighted by Crippen LogP contribution is 2.32. The lowest BCUT2D eigenvalue weighted by Gasteiger charge is -2.11. The molecule has 2 N–H and O–H groups in total. The summed E-state index contributed by atoms with van der Waals surface area (Å²) in [5, 5.41) is 6.54. The van der Waals surface area contributed by atoms with Crippen molar-refractivity contribution in [3.05, 3.63) is 23.8 Å². The molecule has 1 aliphatic carbocycles. The Labute approximate surface area is 137 Å². The van der Waals surface area contributed by atoms with Gasteiger partial charge in [-0.25, -0.2) is 4.99 Å². The molecule has 1 heterocycles. The van der Waals surface area contributed by atoms with Crippen LogP contribution in [-0.4, -0.2) is 39.1 Å². The lowest BCUT2D eigenvalue weighted by atomic mass is 10.2. The highest BCUT2D eigenvalue weighted by Gasteiger charge is 2.20. The average molecular weight is 319 g/mol. The SMILES string of the molecule is CCNC(=NCc1ccc2c(c1)OCO2)NCCOCC1CC1. The van der Waals surface area contributed by atoms with Crippen LogP contribution in [0.15, 0.2) is 23.2 Å². The zero-order valence-electron chi connectivity index (χ0n) is 13.6. The van der Waals surface area contributed by atoms with Gasteiger partial charge < -0.3 is 24.8 Å². The number of rotatable bonds is 8. The van der Waals surface area contributed by atoms with Gasteiger partial charge in [0.2, 0.25) is 6.79 Å². The maximum atomic E-state index is 5.62. The third-order valence-corrected chi connectivity index (χ3v) is 3.79. The molecule has 0 bridgehead atoms. The second kappa shape index (κ2) is 8.06. The Kier molecular flexibility index (Phi) is 5.58. The van der Waals surface area contributed by atoms with Gasteiger partial charge in [0.05, 0.1) is 13.2 Å². The Balaban J connectivity index is 1.45. The van der Waals surface area contributed by atoms with Gasteiger partial charge in [-0.15, -0.1) is 0 Å². The van der Waals surface area contributed by atoms with Crippen molar-refractivity contribution in [3.63, 3.8) is 0 Å². The van der Waals surface area contributed by atoms with Crippen molar-refractivity contribution in [1.82, 2.24) is 10.6 Å². The van der Waals surface area contributed by atoms with Crippen LogP contribution >= 0.6 is 0 Å². The Morgan fingerprint density at radius 2 is 2.13 bits per heavy atom. The van der Waals surface area contributed by atoms with Crippen molar-refractivity contribution in [2.24, 2.45) is 10.9 Å². The average Bonchev–Trinajstić information content (AvgIpc) is 3.27. The van der Waals surface area contributed by atoms with Crippen LogP contribution in [0.4, 0.5) is 0 Å². The number of aliphatic imine (C=N–C) groups is 1. The summed E-state index contributed by atoms with van der Waals surface area (Å²) in [6.45, 7) is 6.15. The van der Waals surface area contributed by atoms with Crippen LogP contribution in [0, 0.1) is 5.92 Å². The van der Waals surface area contributed by atoms with Gasteiger partial charge in [-0.1, -0.05) is 6.07 Å². The Morgan fingerprint density at radius 3 is 2.96 bits per heavy atom. The van der Waals surface area contributed by atoms with Crippen molar-refractivity contribution >= 4 is 5.96 Å². The molecule has 1 aromatic carbocycles. The Morgan fingerprint density at radius 1 is 1.26 bits per heavy atom. The summed E-state index contributed by atoms with van der Waals surface area (Å²) in [5.74, 6) is 3.21. The lowest BCUT2D eigenvalue weighted by molar-refractivity contribution is 0.129. The first kappa shape index (κ1) is 15.9. The Hall–Kier alpha value is -1.95. The second-order valence-corrected chi connectivity index (χ2v) is 5.83. The molecule has 1 fully saturated rings. The van der Waals surface area contributed by atoms with E-state index >= 15 is 0 Å². The van der Waals surface area contributed by atoms with Crippen molar-refractivity contribution in [1.29, 1.82) is 0 Å². The van der Waals surface area contributed by atoms with Crippen molar-refractivity contribution < 1.29 is 14.2 Å². The molecule has 1 saturated carbocycles. The fraction of sp³-hybridized carbons (Fsp3) is 0.588. The number of nitrogens with zero attached hydrogens (tertiary/aromatic N) is 1. The second-order valence-electron chi connectivity index (χ2n) is 5.83. The fourth-order valence-electron chi connectivity index (χ4n) is 2.33. The fourth-order valence-corrected chi connectivity index (χ4v) is 2.33. The van der Waals surface area contributed by atoms with E-state index in [1.165, 1.54) is 12.8 Å². The number of hydrogen-bond donors (Lipinski definition) is 2. The molecule has 3 rings (SSSR count). The number of guanidine groups is 1. The van der Waals surface area contributed by atoms with Crippen LogP contribution in [0.5, 0.6) is 11.5 Å². The number of nitrogens with one attached hydrogen (secondary N) is 2. The Bertz CT molecular complexity index is 544. The van der Waals surface area contributed by atoms with Crippen molar-refractivity contribution in [2.45, 2.75) is 26.3 Å². The van der Waals surface area contributed by atoms with E-state index in [1.54, 1.807) is 0 Å². The van der Waals surface area contributed by atoms with Gasteiger partial charge >= 0.3 is 0 Å². The predicted octanol–water partition coefficient (Wildman–Crippen LogP) is 1.90. The summed E-state index contributed by atoms with van der Waals surface area (Å²) in [5.41, 5.74) is 1.09. The lowest BCUT2D eigenvalue weighted by Crippen LogP contribution is -2.39. The summed E-state index contributed by atoms with van der Waals surface area (Å²) in [6, 6.07) is 5.92. The minimum atomic E-state index is 0.299. The van der Waals surface area contributed by atoms with Crippen LogP contribution in [0.3, 0.4) is 0 Å². The van der Waals surface area contributed by atoms with E-state index in [9.17, 15) is 0 Å². The molecule has 0 saturated heterocycles. The third kappa shape index (κ3) is 5.03. The van der Waals surface area contributed by atoms with E-state index in [2.05, 4.69) is 22.5 Å². The van der Waals surface area contributed by atoms with Crippen LogP contribution in [0.25, 0.3) is 0 Å². The first-order valence-corrected chi connectivity index (χ1v) is 8.33. The maximum Gasteiger partial charge on any atom is 0.231 e. The highest BCUT2D eigenvalue weighted by molar-refractivity contribution is 5.79. The summed E-state index contributed by atoms with van der Waals surface area (Å²) >= 11 is 0. The smallest absolute Gasteiger partial charge is 0.231 e. The molecule has 0 spiro atoms. The van der Waals surface area contributed by atoms with Gasteiger partial charge in [0.15, 0.2) is 17.5 Å². The molecular weight excluding hydrogens is 294 g/mol. The van der Waals surface area contributed by atoms with Crippen LogP contribution in [-0.2, 0) is 11.3 Å². The molecule has 0 atom stereocenters. The monoisotopic (exact) mass is 319 g/mol. The largest absolute Gasteiger partial charge is 0.454 e. The number of hydrogen-bond acceptors (Lipinski definition) is 4. The number of fused-ring (bicyclic) bond motifs is 1. The third-order valence-electron chi connectivity index (χ3n) is 3.79. The summed E-state index contributed by atoms with van der Waals surface area (Å²) < 4.78 is 16.3. The van der Waals surface area contributed by atoms with E-state index < -0.39 is 0 Å². The normalized spacial score (nSPS) is 16.5. The van der Waals surface area contributed by atoms with Crippen molar-refractivity contribution in [2.75, 3.05) is 33.1 Å². The molecule has 126 valence electrons. The molecule has 1 aromatic rings. The minimum absolute atomic E-state index is 0.299. The quantitative estimate of drug-likeness (QED) is 0.435. The van der Waals surface area contributed by atoms with Gasteiger partial charge in [-0.05, 0) is 43.4 Å². The van der Waals surface area contributed by atoms with Gasteiger partial charge in [-0.2, -0.15) is 0 Å². The molecule has 0 radical (unpaired) electrons. The zero-order valence-corrected chi connectivity index (χ0v) is 13.6. The first-order chi connectivity index (χ1) is 11.3. The van der Waals surface area contributed by atoms with E-state index in [0.717, 1.165) is 48.6 Å². The van der Waals surface area contributed by atoms with E-state index in [0.29, 0.717) is 19.9 Å². The molecule has 2 aliphatic rings. The molecule has 6 heteroatoms. The zero-order chi connectivity index (χ0) is 15.9. The van der Waals surface area contributed by atoms with Gasteiger partial charge in [0, 0.05) is 19.7 Å². The first-order valence-electron chi connectivity index (χ1n) is 8.33. The summed E-state index contributed by atoms with van der Waals surface area (Å²) in [6.07, 6.45) is 2.65. The van der Waals surface area contributed by atoms with Crippen LogP contribution < -0.4 is 20.1 Å². The molecule has 0 aromatic heterocycles. The van der Waals surface area contributed by atoms with Gasteiger partial charge in [0.25, 0.3) is 0 Å². The highest BCUT2D eigenvalue weighted by atomic mass is 16.7.